The van der Waals surface area contributed by atoms with Gasteiger partial charge in [-0.2, -0.15) is 5.26 Å². The van der Waals surface area contributed by atoms with Gasteiger partial charge in [0.05, 0.1) is 27.2 Å². The summed E-state index contributed by atoms with van der Waals surface area (Å²) >= 11 is 17.9. The maximum atomic E-state index is 8.89. The van der Waals surface area contributed by atoms with Gasteiger partial charge in [-0.1, -0.05) is 34.8 Å². The van der Waals surface area contributed by atoms with Gasteiger partial charge in [-0.3, -0.25) is 0 Å². The Bertz CT molecular complexity index is 427. The first-order valence-electron chi connectivity index (χ1n) is 5.15. The van der Waals surface area contributed by atoms with E-state index in [0.717, 1.165) is 0 Å². The quantitative estimate of drug-likeness (QED) is 0.847. The molecule has 0 fully saturated rings. The molecule has 0 radical (unpaired) electrons. The number of nitriles is 1. The van der Waals surface area contributed by atoms with E-state index < -0.39 is 0 Å². The van der Waals surface area contributed by atoms with E-state index in [1.165, 1.54) is 0 Å². The van der Waals surface area contributed by atoms with Crippen LogP contribution in [0, 0.1) is 16.7 Å². The van der Waals surface area contributed by atoms with E-state index >= 15 is 0 Å². The zero-order valence-electron chi connectivity index (χ0n) is 9.65. The van der Waals surface area contributed by atoms with Gasteiger partial charge in [0.2, 0.25) is 0 Å². The molecule has 17 heavy (non-hydrogen) atoms. The molecular weight excluding hydrogens is 279 g/mol. The van der Waals surface area contributed by atoms with Crippen molar-refractivity contribution in [2.24, 2.45) is 5.41 Å². The molecule has 1 aromatic rings. The predicted octanol–water partition coefficient (Wildman–Crippen LogP) is 5.00. The van der Waals surface area contributed by atoms with Crippen molar-refractivity contribution in [1.29, 1.82) is 5.26 Å². The van der Waals surface area contributed by atoms with Gasteiger partial charge in [0, 0.05) is 11.6 Å². The summed E-state index contributed by atoms with van der Waals surface area (Å²) in [5, 5.41) is 13.5. The van der Waals surface area contributed by atoms with Crippen LogP contribution in [0.15, 0.2) is 12.1 Å². The van der Waals surface area contributed by atoms with Crippen molar-refractivity contribution in [2.75, 3.05) is 11.9 Å². The third-order valence-electron chi connectivity index (χ3n) is 2.36. The highest BCUT2D eigenvalue weighted by Gasteiger charge is 2.16. The van der Waals surface area contributed by atoms with Crippen LogP contribution in [0.25, 0.3) is 0 Å². The molecule has 5 heteroatoms. The van der Waals surface area contributed by atoms with Gasteiger partial charge >= 0.3 is 0 Å². The van der Waals surface area contributed by atoms with Crippen molar-refractivity contribution in [2.45, 2.75) is 20.3 Å². The Morgan fingerprint density at radius 3 is 2.24 bits per heavy atom. The van der Waals surface area contributed by atoms with E-state index in [9.17, 15) is 0 Å². The Kier molecular flexibility index (Phi) is 4.94. The molecule has 1 rings (SSSR count). The maximum Gasteiger partial charge on any atom is 0.0720 e. The lowest BCUT2D eigenvalue weighted by molar-refractivity contribution is 0.466. The molecule has 0 bridgehead atoms. The van der Waals surface area contributed by atoms with Crippen LogP contribution in [0.4, 0.5) is 5.69 Å². The number of halogens is 3. The third kappa shape index (κ3) is 4.27. The number of benzene rings is 1. The van der Waals surface area contributed by atoms with Gasteiger partial charge < -0.3 is 5.32 Å². The van der Waals surface area contributed by atoms with E-state index in [0.29, 0.717) is 33.7 Å². The van der Waals surface area contributed by atoms with Gasteiger partial charge in [0.25, 0.3) is 0 Å². The van der Waals surface area contributed by atoms with Crippen molar-refractivity contribution in [3.8, 4) is 6.07 Å². The lowest BCUT2D eigenvalue weighted by atomic mass is 9.91. The first-order chi connectivity index (χ1) is 7.85. The Morgan fingerprint density at radius 2 is 1.76 bits per heavy atom. The molecule has 0 saturated carbocycles. The average molecular weight is 292 g/mol. The fourth-order valence-electron chi connectivity index (χ4n) is 1.27. The lowest BCUT2D eigenvalue weighted by Gasteiger charge is -2.17. The minimum absolute atomic E-state index is 0.363. The molecule has 0 unspecified atom stereocenters. The summed E-state index contributed by atoms with van der Waals surface area (Å²) in [7, 11) is 0. The summed E-state index contributed by atoms with van der Waals surface area (Å²) in [4.78, 5) is 0. The van der Waals surface area contributed by atoms with Crippen LogP contribution >= 0.6 is 34.8 Å². The number of anilines is 1. The fourth-order valence-corrected chi connectivity index (χ4v) is 2.22. The lowest BCUT2D eigenvalue weighted by Crippen LogP contribution is -2.14. The van der Waals surface area contributed by atoms with Crippen molar-refractivity contribution in [3.05, 3.63) is 27.2 Å². The summed E-state index contributed by atoms with van der Waals surface area (Å²) in [5.74, 6) is 0. The SMILES string of the molecule is CC(C)(C#N)CCNc1c(Cl)cc(Cl)cc1Cl. The van der Waals surface area contributed by atoms with Gasteiger partial charge in [0.1, 0.15) is 0 Å². The highest BCUT2D eigenvalue weighted by atomic mass is 35.5. The second-order valence-corrected chi connectivity index (χ2v) is 5.67. The van der Waals surface area contributed by atoms with E-state index in [-0.39, 0.29) is 5.41 Å². The first-order valence-corrected chi connectivity index (χ1v) is 6.29. The molecular formula is C12H13Cl3N2. The van der Waals surface area contributed by atoms with Crippen molar-refractivity contribution < 1.29 is 0 Å². The van der Waals surface area contributed by atoms with Gasteiger partial charge in [0.15, 0.2) is 0 Å². The van der Waals surface area contributed by atoms with Crippen LogP contribution < -0.4 is 5.32 Å². The van der Waals surface area contributed by atoms with Gasteiger partial charge in [-0.25, -0.2) is 0 Å². The fraction of sp³-hybridized carbons (Fsp3) is 0.417. The summed E-state index contributed by atoms with van der Waals surface area (Å²) in [6, 6.07) is 5.50. The summed E-state index contributed by atoms with van der Waals surface area (Å²) in [6.07, 6.45) is 0.707. The molecule has 0 saturated heterocycles. The number of hydrogen-bond acceptors (Lipinski definition) is 2. The highest BCUT2D eigenvalue weighted by molar-refractivity contribution is 6.41. The molecule has 0 spiro atoms. The maximum absolute atomic E-state index is 8.89. The molecule has 0 aromatic heterocycles. The Morgan fingerprint density at radius 1 is 1.24 bits per heavy atom. The van der Waals surface area contributed by atoms with Crippen molar-refractivity contribution in [3.63, 3.8) is 0 Å². The van der Waals surface area contributed by atoms with Crippen molar-refractivity contribution in [1.82, 2.24) is 0 Å². The molecule has 0 aliphatic carbocycles. The molecule has 0 heterocycles. The second-order valence-electron chi connectivity index (χ2n) is 4.42. The normalized spacial score (nSPS) is 11.1. The first kappa shape index (κ1) is 14.4. The topological polar surface area (TPSA) is 35.8 Å². The molecule has 0 aliphatic rings. The number of rotatable bonds is 4. The minimum atomic E-state index is -0.363. The molecule has 1 N–H and O–H groups in total. The molecule has 0 aliphatic heterocycles. The molecule has 0 amide bonds. The van der Waals surface area contributed by atoms with Crippen LogP contribution in [0.1, 0.15) is 20.3 Å². The Labute approximate surface area is 116 Å². The molecule has 0 atom stereocenters. The number of hydrogen-bond donors (Lipinski definition) is 1. The largest absolute Gasteiger partial charge is 0.383 e. The summed E-state index contributed by atoms with van der Waals surface area (Å²) < 4.78 is 0. The van der Waals surface area contributed by atoms with Gasteiger partial charge in [-0.15, -0.1) is 0 Å². The van der Waals surface area contributed by atoms with E-state index in [1.54, 1.807) is 12.1 Å². The Hall–Kier alpha value is -0.620. The van der Waals surface area contributed by atoms with Crippen molar-refractivity contribution >= 4 is 40.5 Å². The van der Waals surface area contributed by atoms with E-state index in [4.69, 9.17) is 40.1 Å². The molecule has 92 valence electrons. The minimum Gasteiger partial charge on any atom is -0.383 e. The molecule has 2 nitrogen and oxygen atoms in total. The summed E-state index contributed by atoms with van der Waals surface area (Å²) in [6.45, 7) is 4.40. The zero-order chi connectivity index (χ0) is 13.1. The van der Waals surface area contributed by atoms with Gasteiger partial charge in [-0.05, 0) is 32.4 Å². The number of nitrogens with zero attached hydrogens (tertiary/aromatic N) is 1. The number of nitrogens with one attached hydrogen (secondary N) is 1. The van der Waals surface area contributed by atoms with E-state index in [2.05, 4.69) is 11.4 Å². The second kappa shape index (κ2) is 5.82. The Balaban J connectivity index is 2.68. The van der Waals surface area contributed by atoms with Crippen LogP contribution in [0.5, 0.6) is 0 Å². The zero-order valence-corrected chi connectivity index (χ0v) is 11.9. The summed E-state index contributed by atoms with van der Waals surface area (Å²) in [5.41, 5.74) is 0.296. The highest BCUT2D eigenvalue weighted by Crippen LogP contribution is 2.33. The van der Waals surface area contributed by atoms with Crippen LogP contribution in [0.2, 0.25) is 15.1 Å². The van der Waals surface area contributed by atoms with Crippen LogP contribution in [-0.4, -0.2) is 6.54 Å². The molecule has 1 aromatic carbocycles. The smallest absolute Gasteiger partial charge is 0.0720 e. The van der Waals surface area contributed by atoms with Crippen LogP contribution in [0.3, 0.4) is 0 Å². The monoisotopic (exact) mass is 290 g/mol. The average Bonchev–Trinajstić information content (AvgIpc) is 2.22. The standard InChI is InChI=1S/C12H13Cl3N2/c1-12(2,7-16)3-4-17-11-9(14)5-8(13)6-10(11)15/h5-6,17H,3-4H2,1-2H3. The predicted molar refractivity (Wildman–Crippen MR) is 74.0 cm³/mol. The van der Waals surface area contributed by atoms with E-state index in [1.807, 2.05) is 13.8 Å². The van der Waals surface area contributed by atoms with Crippen LogP contribution in [-0.2, 0) is 0 Å². The third-order valence-corrected chi connectivity index (χ3v) is 3.18.